The Bertz CT molecular complexity index is 1150. The normalized spacial score (nSPS) is 12.2. The van der Waals surface area contributed by atoms with E-state index in [-0.39, 0.29) is 37.5 Å². The first-order valence-corrected chi connectivity index (χ1v) is 21.4. The number of hydrogen-bond donors (Lipinski definition) is 8. The van der Waals surface area contributed by atoms with Crippen LogP contribution in [0.1, 0.15) is 156 Å². The highest BCUT2D eigenvalue weighted by molar-refractivity contribution is 7.79. The molecule has 336 valence electrons. The minimum atomic E-state index is -4.67. The molecule has 0 bridgehead atoms. The largest absolute Gasteiger partial charge is 0.394 e. The van der Waals surface area contributed by atoms with Gasteiger partial charge in [0.05, 0.1) is 26.3 Å². The van der Waals surface area contributed by atoms with Crippen LogP contribution in [0.25, 0.3) is 0 Å². The highest BCUT2D eigenvalue weighted by Crippen LogP contribution is 2.13. The maximum Gasteiger partial charge on any atom is 0.394 e. The molecule has 0 spiro atoms. The minimum absolute atomic E-state index is 0.0285. The summed E-state index contributed by atoms with van der Waals surface area (Å²) in [5, 5.41) is 37.2. The van der Waals surface area contributed by atoms with Gasteiger partial charge in [0.25, 0.3) is 11.8 Å². The first kappa shape index (κ1) is 58.6. The molecule has 18 nitrogen and oxygen atoms in total. The number of aliphatic hydroxyl groups excluding tert-OH is 2. The van der Waals surface area contributed by atoms with Crippen molar-refractivity contribution >= 4 is 45.3 Å². The molecule has 57 heavy (non-hydrogen) atoms. The third-order valence-corrected chi connectivity index (χ3v) is 8.54. The van der Waals surface area contributed by atoms with Crippen molar-refractivity contribution in [3.63, 3.8) is 0 Å². The second kappa shape index (κ2) is 36.3. The van der Waals surface area contributed by atoms with Gasteiger partial charge in [-0.1, -0.05) is 66.2 Å². The van der Waals surface area contributed by atoms with Gasteiger partial charge in [-0.2, -0.15) is 8.42 Å². The summed E-state index contributed by atoms with van der Waals surface area (Å²) in [5.41, 5.74) is 10.6. The average Bonchev–Trinajstić information content (AvgIpc) is 3.13. The molecule has 0 fully saturated rings. The molecule has 0 rings (SSSR count). The summed E-state index contributed by atoms with van der Waals surface area (Å²) in [4.78, 5) is 69.7. The van der Waals surface area contributed by atoms with E-state index >= 15 is 0 Å². The van der Waals surface area contributed by atoms with Crippen LogP contribution in [-0.2, 0) is 39.2 Å². The van der Waals surface area contributed by atoms with Crippen LogP contribution in [0.4, 0.5) is 0 Å². The van der Waals surface area contributed by atoms with E-state index < -0.39 is 47.5 Å². The van der Waals surface area contributed by atoms with Crippen molar-refractivity contribution in [2.75, 3.05) is 26.3 Å². The number of hydroxylamine groups is 4. The van der Waals surface area contributed by atoms with Crippen LogP contribution in [-0.4, -0.2) is 122 Å². The van der Waals surface area contributed by atoms with E-state index in [1.807, 2.05) is 0 Å². The van der Waals surface area contributed by atoms with Gasteiger partial charge in [0.15, 0.2) is 0 Å². The zero-order valence-corrected chi connectivity index (χ0v) is 35.5. The van der Waals surface area contributed by atoms with E-state index in [0.717, 1.165) is 77.0 Å². The zero-order valence-electron chi connectivity index (χ0n) is 34.7. The minimum Gasteiger partial charge on any atom is -0.394 e. The smallest absolute Gasteiger partial charge is 0.394 e. The average molecular weight is 843 g/mol. The van der Waals surface area contributed by atoms with E-state index in [4.69, 9.17) is 39.2 Å². The Hall–Kier alpha value is -2.75. The number of unbranched alkanes of at least 4 members (excludes halogenated alkanes) is 6. The molecule has 2 atom stereocenters. The summed E-state index contributed by atoms with van der Waals surface area (Å²) in [7, 11) is -4.67. The summed E-state index contributed by atoms with van der Waals surface area (Å²) in [6, 6.07) is -2.33. The van der Waals surface area contributed by atoms with Crippen molar-refractivity contribution in [2.45, 2.75) is 168 Å². The maximum absolute atomic E-state index is 11.7. The number of hydrogen-bond acceptors (Lipinski definition) is 14. The van der Waals surface area contributed by atoms with Crippen molar-refractivity contribution in [3.8, 4) is 0 Å². The fourth-order valence-corrected chi connectivity index (χ4v) is 5.13. The number of amides is 2. The van der Waals surface area contributed by atoms with E-state index in [1.54, 1.807) is 0 Å². The van der Waals surface area contributed by atoms with Gasteiger partial charge < -0.3 is 21.7 Å². The Kier molecular flexibility index (Phi) is 37.3. The molecule has 0 aromatic carbocycles. The summed E-state index contributed by atoms with van der Waals surface area (Å²) in [6.07, 6.45) is 14.5. The number of aliphatic hydroxyl groups is 2. The molecule has 2 amide bonds. The Labute approximate surface area is 339 Å². The van der Waals surface area contributed by atoms with Crippen LogP contribution in [0.15, 0.2) is 0 Å². The Morgan fingerprint density at radius 2 is 0.702 bits per heavy atom. The van der Waals surface area contributed by atoms with E-state index in [2.05, 4.69) is 27.7 Å². The Morgan fingerprint density at radius 1 is 0.474 bits per heavy atom. The summed E-state index contributed by atoms with van der Waals surface area (Å²) < 4.78 is 31.6. The number of nitrogens with two attached hydrogens (primary N) is 2. The van der Waals surface area contributed by atoms with Gasteiger partial charge in [0, 0.05) is 51.4 Å². The first-order valence-electron chi connectivity index (χ1n) is 20.1. The molecule has 10 N–H and O–H groups in total. The predicted molar refractivity (Wildman–Crippen MR) is 213 cm³/mol. The fraction of sp³-hybridized carbons (Fsp3) is 0.842. The van der Waals surface area contributed by atoms with Crippen LogP contribution >= 0.6 is 0 Å². The van der Waals surface area contributed by atoms with Crippen molar-refractivity contribution in [2.24, 2.45) is 23.3 Å². The summed E-state index contributed by atoms with van der Waals surface area (Å²) in [5.74, 6) is 0.298. The molecule has 0 aliphatic carbocycles. The molecule has 0 aliphatic heterocycles. The highest BCUT2D eigenvalue weighted by atomic mass is 32.3. The number of nitrogens with zero attached hydrogens (tertiary/aromatic N) is 2. The molecular formula is C38H74N4O14S. The van der Waals surface area contributed by atoms with Crippen LogP contribution in [0.2, 0.25) is 0 Å². The lowest BCUT2D eigenvalue weighted by Crippen LogP contribution is -2.44. The Morgan fingerprint density at radius 3 is 0.930 bits per heavy atom. The molecule has 0 saturated heterocycles. The molecule has 0 aliphatic rings. The van der Waals surface area contributed by atoms with Gasteiger partial charge in [-0.25, -0.2) is 10.1 Å². The van der Waals surface area contributed by atoms with Crippen LogP contribution in [0, 0.1) is 11.8 Å². The van der Waals surface area contributed by atoms with Gasteiger partial charge in [0.2, 0.25) is 0 Å². The van der Waals surface area contributed by atoms with Gasteiger partial charge in [-0.05, 0) is 50.4 Å². The third kappa shape index (κ3) is 42.7. The van der Waals surface area contributed by atoms with Gasteiger partial charge in [0.1, 0.15) is 35.2 Å². The fourth-order valence-electron chi connectivity index (χ4n) is 5.13. The number of ketones is 4. The first-order chi connectivity index (χ1) is 26.5. The highest BCUT2D eigenvalue weighted by Gasteiger charge is 2.20. The molecule has 0 aromatic rings. The topological polar surface area (TPSA) is 316 Å². The molecule has 0 radical (unpaired) electrons. The molecule has 2 unspecified atom stereocenters. The number of carbonyl (C=O) groups excluding carboxylic acids is 6. The molecular weight excluding hydrogens is 768 g/mol. The Balaban J connectivity index is -0.000000913. The summed E-state index contributed by atoms with van der Waals surface area (Å²) >= 11 is 0. The SMILES string of the molecule is CC(C)CCCC(=O)CCCCCCC(=O)CCN(O)C(=O)C(N)CO.CC(C)CCCC(=O)CCCCCCC(=O)CCN(O)C(=O)C(N)CO.O=S(=O)(O)O. The van der Waals surface area contributed by atoms with E-state index in [0.29, 0.717) is 72.1 Å². The van der Waals surface area contributed by atoms with Crippen molar-refractivity contribution in [1.29, 1.82) is 0 Å². The van der Waals surface area contributed by atoms with Crippen LogP contribution < -0.4 is 11.5 Å². The number of rotatable bonds is 32. The number of Topliss-reactive ketones (excluding diaryl/α,β-unsaturated/α-hetero) is 4. The van der Waals surface area contributed by atoms with Gasteiger partial charge >= 0.3 is 10.4 Å². The third-order valence-electron chi connectivity index (χ3n) is 8.54. The second-order valence-corrected chi connectivity index (χ2v) is 15.9. The maximum atomic E-state index is 11.7. The lowest BCUT2D eigenvalue weighted by molar-refractivity contribution is -0.168. The predicted octanol–water partition coefficient (Wildman–Crippen LogP) is 3.79. The quantitative estimate of drug-likeness (QED) is 0.0207. The zero-order chi connectivity index (χ0) is 44.4. The monoisotopic (exact) mass is 842 g/mol. The van der Waals surface area contributed by atoms with E-state index in [1.165, 1.54) is 0 Å². The lowest BCUT2D eigenvalue weighted by Gasteiger charge is -2.17. The van der Waals surface area contributed by atoms with Crippen LogP contribution in [0.5, 0.6) is 0 Å². The molecule has 0 heterocycles. The molecule has 0 aromatic heterocycles. The standard InChI is InChI=1S/2C19H36N2O5.H2O4S/c2*1-15(2)8-7-11-16(23)9-5-3-4-6-10-17(24)12-13-21(26)19(25)18(20)14-22;1-5(2,3)4/h2*15,18,22,26H,3-14,20H2,1-2H3;(H2,1,2,3,4). The van der Waals surface area contributed by atoms with Crippen molar-refractivity contribution < 1.29 is 66.9 Å². The van der Waals surface area contributed by atoms with Gasteiger partial charge in [-0.3, -0.25) is 48.3 Å². The van der Waals surface area contributed by atoms with Crippen molar-refractivity contribution in [1.82, 2.24) is 10.1 Å². The van der Waals surface area contributed by atoms with Crippen LogP contribution in [0.3, 0.4) is 0 Å². The van der Waals surface area contributed by atoms with E-state index in [9.17, 15) is 39.2 Å². The number of carbonyl (C=O) groups is 6. The summed E-state index contributed by atoms with van der Waals surface area (Å²) in [6.45, 7) is 7.30. The molecule has 19 heteroatoms. The van der Waals surface area contributed by atoms with Gasteiger partial charge in [-0.15, -0.1) is 0 Å². The second-order valence-electron chi connectivity index (χ2n) is 15.0. The lowest BCUT2D eigenvalue weighted by atomic mass is 10.0. The van der Waals surface area contributed by atoms with Crippen molar-refractivity contribution in [3.05, 3.63) is 0 Å². The molecule has 0 saturated carbocycles.